The van der Waals surface area contributed by atoms with Crippen LogP contribution in [0.25, 0.3) is 11.8 Å². The van der Waals surface area contributed by atoms with E-state index in [1.165, 1.54) is 6.08 Å². The van der Waals surface area contributed by atoms with Gasteiger partial charge in [-0.25, -0.2) is 9.59 Å². The number of esters is 2. The maximum Gasteiger partial charge on any atom is 0.346 e. The van der Waals surface area contributed by atoms with E-state index in [9.17, 15) is 9.59 Å². The van der Waals surface area contributed by atoms with Gasteiger partial charge in [0.2, 0.25) is 5.76 Å². The van der Waals surface area contributed by atoms with E-state index in [0.717, 1.165) is 0 Å². The van der Waals surface area contributed by atoms with Gasteiger partial charge in [-0.3, -0.25) is 0 Å². The van der Waals surface area contributed by atoms with Crippen molar-refractivity contribution in [1.29, 1.82) is 0 Å². The molecule has 4 bridgehead atoms. The zero-order chi connectivity index (χ0) is 16.0. The van der Waals surface area contributed by atoms with Crippen LogP contribution < -0.4 is 4.74 Å². The highest BCUT2D eigenvalue weighted by Gasteiger charge is 2.30. The Balaban J connectivity index is 1.86. The first-order chi connectivity index (χ1) is 11.2. The molecule has 0 atom stereocenters. The van der Waals surface area contributed by atoms with Crippen molar-refractivity contribution in [2.24, 2.45) is 0 Å². The molecule has 3 aliphatic heterocycles. The molecule has 2 aromatic rings. The molecule has 0 fully saturated rings. The molecule has 112 valence electrons. The van der Waals surface area contributed by atoms with E-state index in [2.05, 4.69) is 6.58 Å². The molecule has 0 saturated heterocycles. The highest BCUT2D eigenvalue weighted by Crippen LogP contribution is 2.33. The van der Waals surface area contributed by atoms with Crippen LogP contribution in [-0.4, -0.2) is 11.9 Å². The maximum atomic E-state index is 12.4. The standard InChI is InChI=1S/C18H10O5/c1-2-12-13-4-3-5-14(12)17(20)23-18(22-16(13)19)15-10-6-8-11(21-15)9-7-10/h2-9H,1H2. The molecule has 0 radical (unpaired) electrons. The number of hydrogen-bond acceptors (Lipinski definition) is 5. The number of cyclic esters (lactones) is 2. The van der Waals surface area contributed by atoms with Gasteiger partial charge in [0.15, 0.2) is 0 Å². The summed E-state index contributed by atoms with van der Waals surface area (Å²) in [4.78, 5) is 24.7. The van der Waals surface area contributed by atoms with Gasteiger partial charge in [-0.15, -0.1) is 0 Å². The molecule has 3 heterocycles. The van der Waals surface area contributed by atoms with Crippen molar-refractivity contribution in [3.63, 3.8) is 0 Å². The van der Waals surface area contributed by atoms with Gasteiger partial charge in [0.1, 0.15) is 5.75 Å². The van der Waals surface area contributed by atoms with Gasteiger partial charge in [0, 0.05) is 11.1 Å². The van der Waals surface area contributed by atoms with E-state index in [1.54, 1.807) is 42.5 Å². The van der Waals surface area contributed by atoms with E-state index >= 15 is 0 Å². The lowest BCUT2D eigenvalue weighted by Crippen LogP contribution is -2.21. The van der Waals surface area contributed by atoms with Crippen molar-refractivity contribution < 1.29 is 23.8 Å². The van der Waals surface area contributed by atoms with Gasteiger partial charge >= 0.3 is 17.9 Å². The van der Waals surface area contributed by atoms with Gasteiger partial charge in [-0.05, 0) is 36.4 Å². The normalized spacial score (nSPS) is 15.3. The summed E-state index contributed by atoms with van der Waals surface area (Å²) in [5.41, 5.74) is 1.54. The molecule has 2 aromatic carbocycles. The fourth-order valence-electron chi connectivity index (χ4n) is 2.54. The first kappa shape index (κ1) is 13.3. The van der Waals surface area contributed by atoms with E-state index in [4.69, 9.17) is 14.2 Å². The van der Waals surface area contributed by atoms with E-state index < -0.39 is 11.9 Å². The molecule has 0 aliphatic carbocycles. The van der Waals surface area contributed by atoms with Gasteiger partial charge in [-0.1, -0.05) is 18.7 Å². The smallest absolute Gasteiger partial charge is 0.346 e. The monoisotopic (exact) mass is 306 g/mol. The summed E-state index contributed by atoms with van der Waals surface area (Å²) in [7, 11) is 0. The zero-order valence-electron chi connectivity index (χ0n) is 11.9. The summed E-state index contributed by atoms with van der Waals surface area (Å²) in [6, 6.07) is 11.8. The zero-order valence-corrected chi connectivity index (χ0v) is 11.9. The predicted octanol–water partition coefficient (Wildman–Crippen LogP) is 3.38. The quantitative estimate of drug-likeness (QED) is 0.756. The molecule has 0 aromatic heterocycles. The highest BCUT2D eigenvalue weighted by atomic mass is 16.7. The van der Waals surface area contributed by atoms with Crippen LogP contribution in [0.4, 0.5) is 0 Å². The summed E-state index contributed by atoms with van der Waals surface area (Å²) in [6.45, 7) is 3.64. The molecular formula is C18H10O5. The lowest BCUT2D eigenvalue weighted by Gasteiger charge is -2.21. The average Bonchev–Trinajstić information content (AvgIpc) is 2.60. The Kier molecular flexibility index (Phi) is 2.81. The molecular weight excluding hydrogens is 296 g/mol. The molecule has 0 spiro atoms. The Morgan fingerprint density at radius 3 is 1.91 bits per heavy atom. The minimum absolute atomic E-state index is 0.206. The molecule has 0 saturated carbocycles. The lowest BCUT2D eigenvalue weighted by atomic mass is 10.0. The van der Waals surface area contributed by atoms with Gasteiger partial charge < -0.3 is 14.2 Å². The SMILES string of the molecule is C=Cc1c2cccc1C(=O)OC(=C1Oc3ccc1cc3)OC2=O. The minimum atomic E-state index is -0.639. The fraction of sp³-hybridized carbons (Fsp3) is 0. The molecule has 5 heteroatoms. The molecule has 3 aliphatic rings. The van der Waals surface area contributed by atoms with Crippen molar-refractivity contribution in [1.82, 2.24) is 0 Å². The topological polar surface area (TPSA) is 61.8 Å². The lowest BCUT2D eigenvalue weighted by molar-refractivity contribution is 0.0211. The summed E-state index contributed by atoms with van der Waals surface area (Å²) in [6.07, 6.45) is 1.43. The van der Waals surface area contributed by atoms with Gasteiger partial charge in [0.05, 0.1) is 11.1 Å². The Labute approximate surface area is 131 Å². The van der Waals surface area contributed by atoms with Crippen molar-refractivity contribution in [3.8, 4) is 5.75 Å². The number of benzene rings is 2. The second kappa shape index (κ2) is 4.84. The van der Waals surface area contributed by atoms with Crippen molar-refractivity contribution in [3.05, 3.63) is 77.2 Å². The third-order valence-electron chi connectivity index (χ3n) is 3.64. The summed E-state index contributed by atoms with van der Waals surface area (Å²) < 4.78 is 16.1. The van der Waals surface area contributed by atoms with Crippen molar-refractivity contribution in [2.45, 2.75) is 0 Å². The van der Waals surface area contributed by atoms with Crippen LogP contribution in [-0.2, 0) is 9.47 Å². The molecule has 5 nitrogen and oxygen atoms in total. The third kappa shape index (κ3) is 2.02. The van der Waals surface area contributed by atoms with Gasteiger partial charge in [-0.2, -0.15) is 0 Å². The van der Waals surface area contributed by atoms with E-state index in [1.807, 2.05) is 0 Å². The Bertz CT molecular complexity index is 852. The van der Waals surface area contributed by atoms with Crippen LogP contribution in [0, 0.1) is 0 Å². The summed E-state index contributed by atoms with van der Waals surface area (Å²) in [5, 5.41) is 0. The Hall–Kier alpha value is -3.34. The van der Waals surface area contributed by atoms with Crippen LogP contribution >= 0.6 is 0 Å². The van der Waals surface area contributed by atoms with E-state index in [-0.39, 0.29) is 22.8 Å². The Morgan fingerprint density at radius 2 is 1.43 bits per heavy atom. The number of hydrogen-bond donors (Lipinski definition) is 0. The number of fused-ring (bicyclic) bond motifs is 5. The number of carbonyl (C=O) groups is 2. The second-order valence-electron chi connectivity index (χ2n) is 4.99. The van der Waals surface area contributed by atoms with Crippen LogP contribution in [0.3, 0.4) is 0 Å². The predicted molar refractivity (Wildman–Crippen MR) is 81.4 cm³/mol. The number of carbonyl (C=O) groups excluding carboxylic acids is 2. The summed E-state index contributed by atoms with van der Waals surface area (Å²) in [5.74, 6) is -0.761. The van der Waals surface area contributed by atoms with Gasteiger partial charge in [0.25, 0.3) is 0 Å². The molecule has 0 amide bonds. The summed E-state index contributed by atoms with van der Waals surface area (Å²) >= 11 is 0. The molecule has 5 rings (SSSR count). The van der Waals surface area contributed by atoms with Crippen LogP contribution in [0.15, 0.2) is 55.0 Å². The fourth-order valence-corrected chi connectivity index (χ4v) is 2.54. The molecule has 0 N–H and O–H groups in total. The van der Waals surface area contributed by atoms with Crippen LogP contribution in [0.2, 0.25) is 0 Å². The minimum Gasteiger partial charge on any atom is -0.449 e. The largest absolute Gasteiger partial charge is 0.449 e. The third-order valence-corrected chi connectivity index (χ3v) is 3.64. The first-order valence-electron chi connectivity index (χ1n) is 6.90. The second-order valence-corrected chi connectivity index (χ2v) is 4.99. The molecule has 23 heavy (non-hydrogen) atoms. The maximum absolute atomic E-state index is 12.4. The van der Waals surface area contributed by atoms with Crippen LogP contribution in [0.5, 0.6) is 5.75 Å². The number of rotatable bonds is 1. The highest BCUT2D eigenvalue weighted by molar-refractivity contribution is 6.03. The molecule has 0 unspecified atom stereocenters. The Morgan fingerprint density at radius 1 is 0.826 bits per heavy atom. The van der Waals surface area contributed by atoms with Crippen molar-refractivity contribution >= 4 is 23.8 Å². The van der Waals surface area contributed by atoms with E-state index in [0.29, 0.717) is 16.9 Å². The number of ether oxygens (including phenoxy) is 3. The van der Waals surface area contributed by atoms with Crippen molar-refractivity contribution in [2.75, 3.05) is 0 Å². The first-order valence-corrected chi connectivity index (χ1v) is 6.90. The van der Waals surface area contributed by atoms with Crippen LogP contribution in [0.1, 0.15) is 31.8 Å². The average molecular weight is 306 g/mol.